The van der Waals surface area contributed by atoms with E-state index in [1.54, 1.807) is 62.4 Å². The average molecular weight is 574 g/mol. The summed E-state index contributed by atoms with van der Waals surface area (Å²) >= 11 is 6.36. The van der Waals surface area contributed by atoms with Gasteiger partial charge in [0.2, 0.25) is 11.8 Å². The number of hydrogen-bond donors (Lipinski definition) is 1. The van der Waals surface area contributed by atoms with Gasteiger partial charge in [0.05, 0.1) is 24.8 Å². The van der Waals surface area contributed by atoms with E-state index in [1.165, 1.54) is 43.4 Å². The first kappa shape index (κ1) is 29.8. The van der Waals surface area contributed by atoms with Crippen molar-refractivity contribution in [2.75, 3.05) is 31.6 Å². The molecule has 11 heteroatoms. The van der Waals surface area contributed by atoms with E-state index in [0.29, 0.717) is 28.6 Å². The third-order valence-corrected chi connectivity index (χ3v) is 8.24. The third kappa shape index (κ3) is 7.01. The number of carbonyl (C=O) groups excluding carboxylic acids is 2. The lowest BCUT2D eigenvalue weighted by Gasteiger charge is -2.32. The van der Waals surface area contributed by atoms with Gasteiger partial charge >= 0.3 is 0 Å². The number of amides is 2. The summed E-state index contributed by atoms with van der Waals surface area (Å²) in [5.74, 6) is -0.279. The Kier molecular flexibility index (Phi) is 10.2. The maximum atomic E-state index is 13.9. The summed E-state index contributed by atoms with van der Waals surface area (Å²) in [5, 5.41) is 3.14. The molecule has 0 saturated heterocycles. The van der Waals surface area contributed by atoms with Crippen molar-refractivity contribution in [2.24, 2.45) is 0 Å². The summed E-state index contributed by atoms with van der Waals surface area (Å²) in [5.41, 5.74) is 0.806. The van der Waals surface area contributed by atoms with Crippen LogP contribution in [0.15, 0.2) is 77.7 Å². The van der Waals surface area contributed by atoms with Gasteiger partial charge in [0.25, 0.3) is 10.0 Å². The van der Waals surface area contributed by atoms with Gasteiger partial charge in [0.1, 0.15) is 12.6 Å². The van der Waals surface area contributed by atoms with Crippen LogP contribution in [-0.4, -0.2) is 58.5 Å². The van der Waals surface area contributed by atoms with Gasteiger partial charge < -0.3 is 19.7 Å². The zero-order valence-electron chi connectivity index (χ0n) is 22.3. The predicted molar refractivity (Wildman–Crippen MR) is 151 cm³/mol. The van der Waals surface area contributed by atoms with Gasteiger partial charge in [-0.1, -0.05) is 48.0 Å². The number of anilines is 1. The van der Waals surface area contributed by atoms with E-state index >= 15 is 0 Å². The highest BCUT2D eigenvalue weighted by molar-refractivity contribution is 7.92. The zero-order valence-corrected chi connectivity index (χ0v) is 23.8. The lowest BCUT2D eigenvalue weighted by atomic mass is 10.1. The highest BCUT2D eigenvalue weighted by Crippen LogP contribution is 2.34. The summed E-state index contributed by atoms with van der Waals surface area (Å²) in [4.78, 5) is 28.0. The number of rotatable bonds is 12. The van der Waals surface area contributed by atoms with Gasteiger partial charge in [0, 0.05) is 24.2 Å². The molecule has 3 rings (SSSR count). The van der Waals surface area contributed by atoms with Crippen LogP contribution >= 0.6 is 11.6 Å². The van der Waals surface area contributed by atoms with Crippen molar-refractivity contribution in [3.8, 4) is 11.5 Å². The molecule has 39 heavy (non-hydrogen) atoms. The molecule has 0 saturated carbocycles. The second kappa shape index (κ2) is 13.3. The number of nitrogens with one attached hydrogen (secondary N) is 1. The molecular formula is C28H32ClN3O6S. The highest BCUT2D eigenvalue weighted by Gasteiger charge is 2.33. The lowest BCUT2D eigenvalue weighted by molar-refractivity contribution is -0.139. The molecule has 0 unspecified atom stereocenters. The average Bonchev–Trinajstić information content (AvgIpc) is 2.95. The van der Waals surface area contributed by atoms with Crippen LogP contribution in [0.1, 0.15) is 19.4 Å². The SMILES string of the molecule is CCNC(=O)[C@H](C)N(Cc1ccccc1Cl)C(=O)CN(c1ccc(OC)c(OC)c1)S(=O)(=O)c1ccccc1. The summed E-state index contributed by atoms with van der Waals surface area (Å²) in [6.07, 6.45) is 0. The van der Waals surface area contributed by atoms with Gasteiger partial charge in [-0.25, -0.2) is 8.42 Å². The van der Waals surface area contributed by atoms with Crippen molar-refractivity contribution in [3.63, 3.8) is 0 Å². The number of hydrogen-bond acceptors (Lipinski definition) is 6. The van der Waals surface area contributed by atoms with Crippen LogP contribution in [0.2, 0.25) is 5.02 Å². The number of nitrogens with zero attached hydrogens (tertiary/aromatic N) is 2. The fourth-order valence-electron chi connectivity index (χ4n) is 3.94. The smallest absolute Gasteiger partial charge is 0.264 e. The minimum Gasteiger partial charge on any atom is -0.493 e. The maximum Gasteiger partial charge on any atom is 0.264 e. The first-order chi connectivity index (χ1) is 18.6. The molecule has 9 nitrogen and oxygen atoms in total. The number of benzene rings is 3. The second-order valence-corrected chi connectivity index (χ2v) is 10.8. The van der Waals surface area contributed by atoms with Gasteiger partial charge in [-0.2, -0.15) is 0 Å². The van der Waals surface area contributed by atoms with Crippen LogP contribution < -0.4 is 19.1 Å². The molecule has 3 aromatic rings. The van der Waals surface area contributed by atoms with E-state index < -0.39 is 28.5 Å². The highest BCUT2D eigenvalue weighted by atomic mass is 35.5. The minimum absolute atomic E-state index is 0.00186. The summed E-state index contributed by atoms with van der Waals surface area (Å²) in [7, 11) is -1.30. The molecule has 0 aromatic heterocycles. The third-order valence-electron chi connectivity index (χ3n) is 6.08. The summed E-state index contributed by atoms with van der Waals surface area (Å²) < 4.78 is 39.4. The Labute approximate surface area is 234 Å². The van der Waals surface area contributed by atoms with Crippen molar-refractivity contribution in [2.45, 2.75) is 31.3 Å². The fraction of sp³-hybridized carbons (Fsp3) is 0.286. The van der Waals surface area contributed by atoms with Crippen LogP contribution in [-0.2, 0) is 26.2 Å². The maximum absolute atomic E-state index is 13.9. The number of likely N-dealkylation sites (N-methyl/N-ethyl adjacent to an activating group) is 1. The van der Waals surface area contributed by atoms with E-state index in [4.69, 9.17) is 21.1 Å². The Morgan fingerprint density at radius 1 is 0.949 bits per heavy atom. The number of ether oxygens (including phenoxy) is 2. The van der Waals surface area contributed by atoms with Crippen LogP contribution in [0, 0.1) is 0 Å². The Bertz CT molecular complexity index is 1400. The topological polar surface area (TPSA) is 105 Å². The number of halogens is 1. The van der Waals surface area contributed by atoms with Gasteiger partial charge in [-0.3, -0.25) is 13.9 Å². The molecule has 3 aromatic carbocycles. The molecule has 1 atom stereocenters. The Hall–Kier alpha value is -3.76. The lowest BCUT2D eigenvalue weighted by Crippen LogP contribution is -2.51. The van der Waals surface area contributed by atoms with E-state index in [2.05, 4.69) is 5.32 Å². The molecule has 0 radical (unpaired) electrons. The minimum atomic E-state index is -4.20. The predicted octanol–water partition coefficient (Wildman–Crippen LogP) is 4.11. The Morgan fingerprint density at radius 2 is 1.59 bits per heavy atom. The molecule has 0 aliphatic carbocycles. The molecule has 0 bridgehead atoms. The molecule has 0 fully saturated rings. The monoisotopic (exact) mass is 573 g/mol. The van der Waals surface area contributed by atoms with Crippen LogP contribution in [0.25, 0.3) is 0 Å². The fourth-order valence-corrected chi connectivity index (χ4v) is 5.57. The van der Waals surface area contributed by atoms with Gasteiger partial charge in [-0.15, -0.1) is 0 Å². The largest absolute Gasteiger partial charge is 0.493 e. The first-order valence-corrected chi connectivity index (χ1v) is 14.1. The molecule has 0 heterocycles. The Morgan fingerprint density at radius 3 is 2.21 bits per heavy atom. The second-order valence-electron chi connectivity index (χ2n) is 8.55. The van der Waals surface area contributed by atoms with Crippen molar-refractivity contribution in [1.29, 1.82) is 0 Å². The molecule has 1 N–H and O–H groups in total. The summed E-state index contributed by atoms with van der Waals surface area (Å²) in [6.45, 7) is 3.16. The van der Waals surface area contributed by atoms with Crippen molar-refractivity contribution in [3.05, 3.63) is 83.4 Å². The van der Waals surface area contributed by atoms with Gasteiger partial charge in [0.15, 0.2) is 11.5 Å². The molecular weight excluding hydrogens is 542 g/mol. The van der Waals surface area contributed by atoms with Crippen LogP contribution in [0.5, 0.6) is 11.5 Å². The number of sulfonamides is 1. The van der Waals surface area contributed by atoms with Gasteiger partial charge in [-0.05, 0) is 49.7 Å². The van der Waals surface area contributed by atoms with E-state index in [0.717, 1.165) is 4.31 Å². The molecule has 0 aliphatic heterocycles. The molecule has 2 amide bonds. The van der Waals surface area contributed by atoms with Crippen molar-refractivity contribution in [1.82, 2.24) is 10.2 Å². The number of methoxy groups -OCH3 is 2. The zero-order chi connectivity index (χ0) is 28.6. The molecule has 0 aliphatic rings. The van der Waals surface area contributed by atoms with Crippen LogP contribution in [0.3, 0.4) is 0 Å². The van der Waals surface area contributed by atoms with E-state index in [-0.39, 0.29) is 23.0 Å². The van der Waals surface area contributed by atoms with Crippen molar-refractivity contribution < 1.29 is 27.5 Å². The number of carbonyl (C=O) groups is 2. The molecule has 0 spiro atoms. The molecule has 208 valence electrons. The van der Waals surface area contributed by atoms with Crippen molar-refractivity contribution >= 4 is 39.1 Å². The van der Waals surface area contributed by atoms with E-state index in [1.807, 2.05) is 0 Å². The Balaban J connectivity index is 2.09. The standard InChI is InChI=1S/C28H32ClN3O6S/c1-5-30-28(34)20(2)31(18-21-11-9-10-14-24(21)29)27(33)19-32(39(35,36)23-12-7-6-8-13-23)22-15-16-25(37-3)26(17-22)38-4/h6-17,20H,5,18-19H2,1-4H3,(H,30,34)/t20-/m0/s1. The summed E-state index contributed by atoms with van der Waals surface area (Å²) in [6, 6.07) is 18.4. The van der Waals surface area contributed by atoms with Crippen LogP contribution in [0.4, 0.5) is 5.69 Å². The normalized spacial score (nSPS) is 11.8. The van der Waals surface area contributed by atoms with E-state index in [9.17, 15) is 18.0 Å². The first-order valence-electron chi connectivity index (χ1n) is 12.2. The quantitative estimate of drug-likeness (QED) is 0.350.